The predicted octanol–water partition coefficient (Wildman–Crippen LogP) is 12.2. The second-order valence-corrected chi connectivity index (χ2v) is 14.2. The van der Waals surface area contributed by atoms with Crippen LogP contribution < -0.4 is 15.5 Å². The number of allylic oxidation sites excluding steroid dienone is 6. The summed E-state index contributed by atoms with van der Waals surface area (Å²) >= 11 is 0. The summed E-state index contributed by atoms with van der Waals surface area (Å²) in [5.41, 5.74) is 14.9. The molecule has 0 N–H and O–H groups in total. The molecule has 0 saturated carbocycles. The van der Waals surface area contributed by atoms with Crippen molar-refractivity contribution in [2.75, 3.05) is 11.4 Å². The number of furan rings is 1. The molecule has 262 valence electrons. The molecule has 0 radical (unpaired) electrons. The van der Waals surface area contributed by atoms with Crippen molar-refractivity contribution < 1.29 is 4.42 Å². The molecule has 1 heterocycles. The zero-order valence-corrected chi connectivity index (χ0v) is 30.5. The van der Waals surface area contributed by atoms with Gasteiger partial charge in [-0.05, 0) is 106 Å². The first-order chi connectivity index (χ1) is 26.7. The molecule has 9 rings (SSSR count). The second kappa shape index (κ2) is 14.9. The van der Waals surface area contributed by atoms with Crippen LogP contribution in [0.5, 0.6) is 0 Å². The Morgan fingerprint density at radius 1 is 0.611 bits per heavy atom. The van der Waals surface area contributed by atoms with E-state index in [0.717, 1.165) is 49.6 Å². The number of hydrogen-bond acceptors (Lipinski definition) is 2. The van der Waals surface area contributed by atoms with Crippen LogP contribution >= 0.6 is 0 Å². The van der Waals surface area contributed by atoms with Crippen LogP contribution in [0.25, 0.3) is 49.6 Å². The molecule has 2 heteroatoms. The monoisotopic (exact) mass is 697 g/mol. The van der Waals surface area contributed by atoms with Crippen molar-refractivity contribution in [1.82, 2.24) is 0 Å². The van der Waals surface area contributed by atoms with Crippen molar-refractivity contribution >= 4 is 44.1 Å². The lowest BCUT2D eigenvalue weighted by molar-refractivity contribution is 0.567. The number of benzene rings is 6. The average molecular weight is 698 g/mol. The quantitative estimate of drug-likeness (QED) is 0.132. The Morgan fingerprint density at radius 3 is 2.07 bits per heavy atom. The summed E-state index contributed by atoms with van der Waals surface area (Å²) in [6.07, 6.45) is 13.6. The van der Waals surface area contributed by atoms with E-state index in [1.54, 1.807) is 0 Å². The van der Waals surface area contributed by atoms with Gasteiger partial charge in [0.05, 0.1) is 0 Å². The van der Waals surface area contributed by atoms with Gasteiger partial charge in [0.25, 0.3) is 0 Å². The number of hydrogen-bond donors (Lipinski definition) is 0. The fourth-order valence-electron chi connectivity index (χ4n) is 8.47. The van der Waals surface area contributed by atoms with Gasteiger partial charge < -0.3 is 9.32 Å². The van der Waals surface area contributed by atoms with E-state index in [9.17, 15) is 0 Å². The molecule has 0 fully saturated rings. The molecule has 0 spiro atoms. The molecule has 2 aliphatic rings. The molecule has 6 aromatic carbocycles. The lowest BCUT2D eigenvalue weighted by Gasteiger charge is -2.31. The number of para-hydroxylation sites is 1. The third kappa shape index (κ3) is 6.46. The number of rotatable bonds is 10. The van der Waals surface area contributed by atoms with Crippen LogP contribution in [0.15, 0.2) is 198 Å². The highest BCUT2D eigenvalue weighted by Gasteiger charge is 2.22. The molecule has 54 heavy (non-hydrogen) atoms. The minimum absolute atomic E-state index is 0.845. The highest BCUT2D eigenvalue weighted by Crippen LogP contribution is 2.36. The highest BCUT2D eigenvalue weighted by molar-refractivity contribution is 5.97. The van der Waals surface area contributed by atoms with Gasteiger partial charge in [-0.2, -0.15) is 0 Å². The zero-order valence-electron chi connectivity index (χ0n) is 30.5. The van der Waals surface area contributed by atoms with E-state index >= 15 is 0 Å². The Kier molecular flexibility index (Phi) is 9.25. The molecule has 0 bridgehead atoms. The van der Waals surface area contributed by atoms with Gasteiger partial charge in [-0.1, -0.05) is 158 Å². The van der Waals surface area contributed by atoms with Crippen LogP contribution in [-0.4, -0.2) is 6.54 Å². The normalized spacial score (nSPS) is 14.5. The van der Waals surface area contributed by atoms with Crippen LogP contribution in [0.1, 0.15) is 43.2 Å². The molecule has 0 aliphatic heterocycles. The highest BCUT2D eigenvalue weighted by atomic mass is 16.3. The SMILES string of the molecule is C=C/C=C(\CCN(C1=CC=C(c2ccccc2)CC1)c1ccc(-c2cccc3ccccc23)cc1)C1=c2c(oc3ccccc23)=C(c2ccccc2)CC1. The molecule has 0 saturated heterocycles. The van der Waals surface area contributed by atoms with Crippen LogP contribution in [0, 0.1) is 0 Å². The van der Waals surface area contributed by atoms with Gasteiger partial charge in [-0.25, -0.2) is 0 Å². The molecular formula is C52H43NO. The fraction of sp³-hybridized carbons (Fsp3) is 0.115. The lowest BCUT2D eigenvalue weighted by atomic mass is 9.87. The first-order valence-corrected chi connectivity index (χ1v) is 19.2. The van der Waals surface area contributed by atoms with Gasteiger partial charge in [-0.15, -0.1) is 0 Å². The van der Waals surface area contributed by atoms with Crippen LogP contribution in [0.4, 0.5) is 5.69 Å². The van der Waals surface area contributed by atoms with Crippen LogP contribution in [0.3, 0.4) is 0 Å². The fourth-order valence-corrected chi connectivity index (χ4v) is 8.47. The second-order valence-electron chi connectivity index (χ2n) is 14.2. The van der Waals surface area contributed by atoms with Gasteiger partial charge in [0.2, 0.25) is 0 Å². The average Bonchev–Trinajstić information content (AvgIpc) is 3.64. The van der Waals surface area contributed by atoms with Gasteiger partial charge in [0.1, 0.15) is 11.0 Å². The number of anilines is 1. The predicted molar refractivity (Wildman–Crippen MR) is 228 cm³/mol. The summed E-state index contributed by atoms with van der Waals surface area (Å²) in [6.45, 7) is 5.03. The summed E-state index contributed by atoms with van der Waals surface area (Å²) in [7, 11) is 0. The first kappa shape index (κ1) is 33.5. The topological polar surface area (TPSA) is 16.4 Å². The lowest BCUT2D eigenvalue weighted by Crippen LogP contribution is -2.31. The van der Waals surface area contributed by atoms with E-state index in [0.29, 0.717) is 0 Å². The molecule has 0 amide bonds. The van der Waals surface area contributed by atoms with Crippen molar-refractivity contribution in [3.05, 3.63) is 216 Å². The van der Waals surface area contributed by atoms with E-state index in [1.807, 2.05) is 6.08 Å². The molecule has 0 unspecified atom stereocenters. The summed E-state index contributed by atoms with van der Waals surface area (Å²) in [6, 6.07) is 54.5. The summed E-state index contributed by atoms with van der Waals surface area (Å²) in [4.78, 5) is 2.54. The standard InChI is InChI=1S/C52H43NO/c1-2-14-39(47-33-34-48(41-17-7-4-8-18-41)52-51(47)49-22-11-12-24-50(49)54-52)35-36-53(43-29-25-38(26-30-43)37-15-5-3-6-16-37)44-31-27-42(28-32-44)46-23-13-20-40-19-9-10-21-45(40)46/h2-25,27-29,31-32H,1,26,30,33-36H2/b39-14+. The zero-order chi connectivity index (χ0) is 36.3. The molecule has 1 aromatic heterocycles. The minimum atomic E-state index is 0.845. The van der Waals surface area contributed by atoms with Gasteiger partial charge in [0, 0.05) is 34.1 Å². The molecule has 2 nitrogen and oxygen atoms in total. The molecule has 7 aromatic rings. The Hall–Kier alpha value is -6.38. The van der Waals surface area contributed by atoms with E-state index < -0.39 is 0 Å². The number of nitrogens with zero attached hydrogens (tertiary/aromatic N) is 1. The van der Waals surface area contributed by atoms with E-state index in [-0.39, 0.29) is 0 Å². The van der Waals surface area contributed by atoms with Gasteiger partial charge >= 0.3 is 0 Å². The van der Waals surface area contributed by atoms with Crippen LogP contribution in [0.2, 0.25) is 0 Å². The summed E-state index contributed by atoms with van der Waals surface area (Å²) in [5, 5.41) is 4.96. The van der Waals surface area contributed by atoms with Crippen molar-refractivity contribution in [1.29, 1.82) is 0 Å². The van der Waals surface area contributed by atoms with Crippen molar-refractivity contribution in [2.45, 2.75) is 32.1 Å². The van der Waals surface area contributed by atoms with E-state index in [4.69, 9.17) is 4.42 Å². The summed E-state index contributed by atoms with van der Waals surface area (Å²) < 4.78 is 6.69. The molecule has 2 aliphatic carbocycles. The third-order valence-electron chi connectivity index (χ3n) is 11.1. The van der Waals surface area contributed by atoms with Crippen molar-refractivity contribution in [2.24, 2.45) is 0 Å². The first-order valence-electron chi connectivity index (χ1n) is 19.2. The summed E-state index contributed by atoms with van der Waals surface area (Å²) in [5.74, 6) is 0. The Balaban J connectivity index is 1.11. The Labute approximate surface area is 317 Å². The maximum atomic E-state index is 6.69. The maximum absolute atomic E-state index is 6.69. The van der Waals surface area contributed by atoms with E-state index in [1.165, 1.54) is 77.3 Å². The van der Waals surface area contributed by atoms with Gasteiger partial charge in [-0.3, -0.25) is 0 Å². The molecule has 0 atom stereocenters. The third-order valence-corrected chi connectivity index (χ3v) is 11.1. The van der Waals surface area contributed by atoms with Crippen LogP contribution in [-0.2, 0) is 0 Å². The smallest absolute Gasteiger partial charge is 0.139 e. The van der Waals surface area contributed by atoms with Crippen molar-refractivity contribution in [3.63, 3.8) is 0 Å². The number of fused-ring (bicyclic) bond motifs is 4. The van der Waals surface area contributed by atoms with Crippen molar-refractivity contribution in [3.8, 4) is 11.1 Å². The largest absolute Gasteiger partial charge is 0.456 e. The maximum Gasteiger partial charge on any atom is 0.139 e. The minimum Gasteiger partial charge on any atom is -0.456 e. The molecular weight excluding hydrogens is 655 g/mol. The Bertz CT molecular complexity index is 2700. The van der Waals surface area contributed by atoms with Gasteiger partial charge in [0.15, 0.2) is 0 Å². The Morgan fingerprint density at radius 2 is 1.31 bits per heavy atom. The van der Waals surface area contributed by atoms with E-state index in [2.05, 4.69) is 181 Å².